The molecule has 0 bridgehead atoms. The molecule has 0 aliphatic rings. The van der Waals surface area contributed by atoms with Gasteiger partial charge < -0.3 is 8.92 Å². The molecule has 2 aromatic carbocycles. The highest BCUT2D eigenvalue weighted by atomic mass is 79.9. The molecule has 24 heavy (non-hydrogen) atoms. The number of ether oxygens (including phenoxy) is 1. The number of carbonyl (C=O) groups excluding carboxylic acids is 1. The van der Waals surface area contributed by atoms with Crippen LogP contribution >= 0.6 is 27.5 Å². The van der Waals surface area contributed by atoms with Crippen LogP contribution < -0.4 is 4.18 Å². The molecule has 6 nitrogen and oxygen atoms in total. The van der Waals surface area contributed by atoms with E-state index in [1.54, 1.807) is 0 Å². The van der Waals surface area contributed by atoms with Gasteiger partial charge in [-0.2, -0.15) is 13.7 Å². The van der Waals surface area contributed by atoms with Crippen molar-refractivity contribution in [2.45, 2.75) is 4.90 Å². The third-order valence-electron chi connectivity index (χ3n) is 2.89. The predicted octanol–water partition coefficient (Wildman–Crippen LogP) is 3.53. The lowest BCUT2D eigenvalue weighted by Gasteiger charge is -2.10. The molecule has 0 aliphatic heterocycles. The highest BCUT2D eigenvalue weighted by Gasteiger charge is 2.22. The Morgan fingerprint density at radius 3 is 2.54 bits per heavy atom. The summed E-state index contributed by atoms with van der Waals surface area (Å²) in [4.78, 5) is 11.4. The number of hydrogen-bond acceptors (Lipinski definition) is 6. The maximum absolute atomic E-state index is 12.4. The Bertz CT molecular complexity index is 953. The summed E-state index contributed by atoms with van der Waals surface area (Å²) in [7, 11) is -3.05. The van der Waals surface area contributed by atoms with Crippen molar-refractivity contribution >= 4 is 43.6 Å². The van der Waals surface area contributed by atoms with Crippen LogP contribution in [-0.2, 0) is 14.9 Å². The van der Waals surface area contributed by atoms with E-state index in [2.05, 4.69) is 20.7 Å². The number of methoxy groups -OCH3 is 1. The van der Waals surface area contributed by atoms with Crippen molar-refractivity contribution < 1.29 is 22.1 Å². The fourth-order valence-electron chi connectivity index (χ4n) is 1.73. The van der Waals surface area contributed by atoms with Crippen LogP contribution in [0.15, 0.2) is 45.8 Å². The molecule has 0 heterocycles. The molecular formula is C15H9BrClNO5S. The van der Waals surface area contributed by atoms with Crippen molar-refractivity contribution in [2.24, 2.45) is 0 Å². The van der Waals surface area contributed by atoms with Crippen molar-refractivity contribution in [3.8, 4) is 11.8 Å². The summed E-state index contributed by atoms with van der Waals surface area (Å²) in [5.41, 5.74) is 0.300. The molecule has 0 atom stereocenters. The normalized spacial score (nSPS) is 10.8. The van der Waals surface area contributed by atoms with Crippen molar-refractivity contribution in [3.05, 3.63) is 57.0 Å². The Labute approximate surface area is 151 Å². The monoisotopic (exact) mass is 429 g/mol. The number of hydrogen-bond donors (Lipinski definition) is 0. The largest absolute Gasteiger partial charge is 0.465 e. The summed E-state index contributed by atoms with van der Waals surface area (Å²) in [5.74, 6) is -0.825. The Hall–Kier alpha value is -2.08. The number of benzene rings is 2. The molecule has 0 fully saturated rings. The minimum atomic E-state index is -4.23. The molecule has 0 saturated heterocycles. The van der Waals surface area contributed by atoms with Gasteiger partial charge in [-0.15, -0.1) is 0 Å². The van der Waals surface area contributed by atoms with E-state index >= 15 is 0 Å². The molecule has 0 spiro atoms. The maximum atomic E-state index is 12.4. The molecule has 0 aliphatic carbocycles. The Kier molecular flexibility index (Phi) is 5.49. The first-order valence-electron chi connectivity index (χ1n) is 6.30. The molecule has 0 amide bonds. The quantitative estimate of drug-likeness (QED) is 0.544. The van der Waals surface area contributed by atoms with Crippen LogP contribution in [0.5, 0.6) is 5.75 Å². The van der Waals surface area contributed by atoms with Crippen LogP contribution in [0.2, 0.25) is 5.02 Å². The predicted molar refractivity (Wildman–Crippen MR) is 89.5 cm³/mol. The lowest BCUT2D eigenvalue weighted by Crippen LogP contribution is -2.12. The molecule has 2 aromatic rings. The van der Waals surface area contributed by atoms with Gasteiger partial charge in [0, 0.05) is 4.47 Å². The molecule has 0 saturated carbocycles. The molecule has 2 rings (SSSR count). The number of nitriles is 1. The molecule has 0 aromatic heterocycles. The number of halogens is 2. The Morgan fingerprint density at radius 1 is 1.25 bits per heavy atom. The van der Waals surface area contributed by atoms with E-state index in [0.29, 0.717) is 4.47 Å². The number of rotatable bonds is 4. The number of esters is 1. The van der Waals surface area contributed by atoms with E-state index in [1.165, 1.54) is 37.4 Å². The SMILES string of the molecule is COC(=O)c1cc(S(=O)(=O)Oc2ccc(C#N)cc2Cl)ccc1Br. The lowest BCUT2D eigenvalue weighted by atomic mass is 10.2. The highest BCUT2D eigenvalue weighted by Crippen LogP contribution is 2.29. The van der Waals surface area contributed by atoms with E-state index in [0.717, 1.165) is 6.07 Å². The van der Waals surface area contributed by atoms with Gasteiger partial charge in [0.15, 0.2) is 5.75 Å². The van der Waals surface area contributed by atoms with E-state index in [-0.39, 0.29) is 26.8 Å². The van der Waals surface area contributed by atoms with Crippen LogP contribution in [0.4, 0.5) is 0 Å². The molecule has 9 heteroatoms. The lowest BCUT2D eigenvalue weighted by molar-refractivity contribution is 0.0599. The summed E-state index contributed by atoms with van der Waals surface area (Å²) in [5, 5.41) is 8.75. The van der Waals surface area contributed by atoms with Crippen LogP contribution in [-0.4, -0.2) is 21.5 Å². The standard InChI is InChI=1S/C15H9BrClNO5S/c1-22-15(19)11-7-10(3-4-12(11)16)24(20,21)23-14-5-2-9(8-18)6-13(14)17/h2-7H,1H3. The fraction of sp³-hybridized carbons (Fsp3) is 0.0667. The molecule has 0 N–H and O–H groups in total. The van der Waals surface area contributed by atoms with Gasteiger partial charge >= 0.3 is 16.1 Å². The van der Waals surface area contributed by atoms with Crippen molar-refractivity contribution in [2.75, 3.05) is 7.11 Å². The first-order valence-corrected chi connectivity index (χ1v) is 8.88. The van der Waals surface area contributed by atoms with E-state index in [4.69, 9.17) is 21.0 Å². The zero-order valence-corrected chi connectivity index (χ0v) is 15.3. The minimum Gasteiger partial charge on any atom is -0.465 e. The first-order chi connectivity index (χ1) is 11.3. The summed E-state index contributed by atoms with van der Waals surface area (Å²) in [6.45, 7) is 0. The third-order valence-corrected chi connectivity index (χ3v) is 5.11. The fourth-order valence-corrected chi connectivity index (χ4v) is 3.38. The van der Waals surface area contributed by atoms with Crippen LogP contribution in [0.25, 0.3) is 0 Å². The second-order valence-corrected chi connectivity index (χ2v) is 7.24. The maximum Gasteiger partial charge on any atom is 0.339 e. The average molecular weight is 431 g/mol. The zero-order chi connectivity index (χ0) is 17.9. The second-order valence-electron chi connectivity index (χ2n) is 4.43. The second kappa shape index (κ2) is 7.21. The van der Waals surface area contributed by atoms with Crippen LogP contribution in [0, 0.1) is 11.3 Å². The van der Waals surface area contributed by atoms with Gasteiger partial charge in [0.2, 0.25) is 0 Å². The summed E-state index contributed by atoms with van der Waals surface area (Å²) in [6.07, 6.45) is 0. The van der Waals surface area contributed by atoms with Gasteiger partial charge in [0.1, 0.15) is 4.90 Å². The Balaban J connectivity index is 2.41. The van der Waals surface area contributed by atoms with Gasteiger partial charge in [0.05, 0.1) is 29.3 Å². The third kappa shape index (κ3) is 3.87. The molecule has 124 valence electrons. The van der Waals surface area contributed by atoms with E-state index in [1.807, 2.05) is 6.07 Å². The summed E-state index contributed by atoms with van der Waals surface area (Å²) in [6, 6.07) is 9.60. The van der Waals surface area contributed by atoms with Gasteiger partial charge in [0.25, 0.3) is 0 Å². The van der Waals surface area contributed by atoms with Crippen molar-refractivity contribution in [1.82, 2.24) is 0 Å². The van der Waals surface area contributed by atoms with Gasteiger partial charge in [-0.05, 0) is 52.3 Å². The number of nitrogens with zero attached hydrogens (tertiary/aromatic N) is 1. The highest BCUT2D eigenvalue weighted by molar-refractivity contribution is 9.10. The Morgan fingerprint density at radius 2 is 1.96 bits per heavy atom. The van der Waals surface area contributed by atoms with Gasteiger partial charge in [-0.25, -0.2) is 4.79 Å². The van der Waals surface area contributed by atoms with Crippen molar-refractivity contribution in [1.29, 1.82) is 5.26 Å². The first kappa shape index (κ1) is 18.3. The molecular weight excluding hydrogens is 422 g/mol. The van der Waals surface area contributed by atoms with Crippen LogP contribution in [0.3, 0.4) is 0 Å². The smallest absolute Gasteiger partial charge is 0.339 e. The zero-order valence-electron chi connectivity index (χ0n) is 12.1. The van der Waals surface area contributed by atoms with Gasteiger partial charge in [-0.3, -0.25) is 0 Å². The molecule has 0 radical (unpaired) electrons. The molecule has 0 unspecified atom stereocenters. The summed E-state index contributed by atoms with van der Waals surface area (Å²) < 4.78 is 34.7. The van der Waals surface area contributed by atoms with Gasteiger partial charge in [-0.1, -0.05) is 11.6 Å². The summed E-state index contributed by atoms with van der Waals surface area (Å²) >= 11 is 9.05. The average Bonchev–Trinajstić information content (AvgIpc) is 2.56. The van der Waals surface area contributed by atoms with E-state index in [9.17, 15) is 13.2 Å². The topological polar surface area (TPSA) is 93.5 Å². The van der Waals surface area contributed by atoms with Crippen molar-refractivity contribution in [3.63, 3.8) is 0 Å². The number of carbonyl (C=O) groups is 1. The van der Waals surface area contributed by atoms with Crippen LogP contribution in [0.1, 0.15) is 15.9 Å². The minimum absolute atomic E-state index is 0.0251. The van der Waals surface area contributed by atoms with E-state index < -0.39 is 16.1 Å².